The van der Waals surface area contributed by atoms with E-state index in [-0.39, 0.29) is 6.10 Å². The summed E-state index contributed by atoms with van der Waals surface area (Å²) >= 11 is 0. The summed E-state index contributed by atoms with van der Waals surface area (Å²) in [6, 6.07) is 2.09. The highest BCUT2D eigenvalue weighted by Gasteiger charge is 2.33. The molecule has 0 fully saturated rings. The number of rotatable bonds is 6. The third-order valence-corrected chi connectivity index (χ3v) is 4.40. The summed E-state index contributed by atoms with van der Waals surface area (Å²) in [7, 11) is 0. The van der Waals surface area contributed by atoms with Gasteiger partial charge in [-0.2, -0.15) is 0 Å². The van der Waals surface area contributed by atoms with Crippen LogP contribution < -0.4 is 5.32 Å². The van der Waals surface area contributed by atoms with Crippen molar-refractivity contribution < 1.29 is 5.11 Å². The van der Waals surface area contributed by atoms with Crippen molar-refractivity contribution in [1.82, 2.24) is 4.98 Å². The molecule has 116 valence electrons. The molecule has 3 nitrogen and oxygen atoms in total. The number of hydrogen-bond acceptors (Lipinski definition) is 3. The van der Waals surface area contributed by atoms with Gasteiger partial charge in [-0.05, 0) is 38.8 Å². The van der Waals surface area contributed by atoms with Gasteiger partial charge >= 0.3 is 0 Å². The van der Waals surface area contributed by atoms with Crippen LogP contribution in [0.2, 0.25) is 0 Å². The van der Waals surface area contributed by atoms with E-state index in [2.05, 4.69) is 49.3 Å². The van der Waals surface area contributed by atoms with E-state index in [1.165, 1.54) is 24.8 Å². The predicted octanol–water partition coefficient (Wildman–Crippen LogP) is 4.23. The predicted molar refractivity (Wildman–Crippen MR) is 89.5 cm³/mol. The lowest BCUT2D eigenvalue weighted by atomic mass is 9.86. The lowest BCUT2D eigenvalue weighted by Gasteiger charge is -2.36. The number of anilines is 1. The maximum absolute atomic E-state index is 10.6. The number of nitrogens with zero attached hydrogens (tertiary/aromatic N) is 1. The Morgan fingerprint density at radius 2 is 2.05 bits per heavy atom. The van der Waals surface area contributed by atoms with Gasteiger partial charge in [0.15, 0.2) is 0 Å². The van der Waals surface area contributed by atoms with Gasteiger partial charge in [-0.15, -0.1) is 0 Å². The zero-order valence-corrected chi connectivity index (χ0v) is 13.7. The SMILES string of the molecule is CCCCCCC(O)C1(C)C=Cc2c(C)cc(C)nc2N1. The lowest BCUT2D eigenvalue weighted by molar-refractivity contribution is 0.115. The van der Waals surface area contributed by atoms with Gasteiger partial charge in [0.05, 0.1) is 11.6 Å². The van der Waals surface area contributed by atoms with Crippen LogP contribution in [0.25, 0.3) is 6.08 Å². The van der Waals surface area contributed by atoms with Crippen LogP contribution >= 0.6 is 0 Å². The van der Waals surface area contributed by atoms with Crippen LogP contribution in [0.1, 0.15) is 62.8 Å². The second-order valence-electron chi connectivity index (χ2n) is 6.45. The lowest BCUT2D eigenvalue weighted by Crippen LogP contribution is -2.46. The molecule has 2 heterocycles. The molecule has 2 N–H and O–H groups in total. The molecule has 1 aliphatic rings. The third kappa shape index (κ3) is 3.65. The first-order chi connectivity index (χ1) is 9.96. The van der Waals surface area contributed by atoms with Gasteiger partial charge in [-0.1, -0.05) is 44.8 Å². The Hall–Kier alpha value is -1.35. The molecule has 0 radical (unpaired) electrons. The minimum Gasteiger partial charge on any atom is -0.390 e. The Balaban J connectivity index is 2.08. The fourth-order valence-corrected chi connectivity index (χ4v) is 2.96. The second kappa shape index (κ2) is 6.61. The highest BCUT2D eigenvalue weighted by atomic mass is 16.3. The van der Waals surface area contributed by atoms with Crippen LogP contribution in [0, 0.1) is 13.8 Å². The number of nitrogens with one attached hydrogen (secondary N) is 1. The summed E-state index contributed by atoms with van der Waals surface area (Å²) < 4.78 is 0. The molecule has 2 unspecified atom stereocenters. The average molecular weight is 288 g/mol. The molecule has 0 aromatic carbocycles. The molecule has 0 amide bonds. The van der Waals surface area contributed by atoms with Crippen molar-refractivity contribution in [3.63, 3.8) is 0 Å². The van der Waals surface area contributed by atoms with E-state index < -0.39 is 5.54 Å². The van der Waals surface area contributed by atoms with Crippen molar-refractivity contribution in [3.05, 3.63) is 29.0 Å². The molecule has 0 bridgehead atoms. The molecular weight excluding hydrogens is 260 g/mol. The summed E-state index contributed by atoms with van der Waals surface area (Å²) in [5.41, 5.74) is 2.94. The summed E-state index contributed by atoms with van der Waals surface area (Å²) in [4.78, 5) is 4.59. The molecule has 2 atom stereocenters. The van der Waals surface area contributed by atoms with Crippen molar-refractivity contribution in [3.8, 4) is 0 Å². The fraction of sp³-hybridized carbons (Fsp3) is 0.611. The third-order valence-electron chi connectivity index (χ3n) is 4.40. The standard InChI is InChI=1S/C18H28N2O/c1-5-6-7-8-9-16(21)18(4)11-10-15-13(2)12-14(3)19-17(15)20-18/h10-12,16,21H,5-9H2,1-4H3,(H,19,20). The van der Waals surface area contributed by atoms with Crippen LogP contribution in [0.5, 0.6) is 0 Å². The number of aromatic nitrogens is 1. The fourth-order valence-electron chi connectivity index (χ4n) is 2.96. The molecule has 0 saturated carbocycles. The number of aliphatic hydroxyl groups excluding tert-OH is 1. The van der Waals surface area contributed by atoms with E-state index in [1.807, 2.05) is 6.92 Å². The first kappa shape index (κ1) is 16.0. The highest BCUT2D eigenvalue weighted by molar-refractivity contribution is 5.72. The number of unbranched alkanes of at least 4 members (excludes halogenated alkanes) is 3. The van der Waals surface area contributed by atoms with Gasteiger partial charge in [-0.25, -0.2) is 4.98 Å². The highest BCUT2D eigenvalue weighted by Crippen LogP contribution is 2.32. The van der Waals surface area contributed by atoms with Crippen molar-refractivity contribution in [1.29, 1.82) is 0 Å². The number of aryl methyl sites for hydroxylation is 2. The van der Waals surface area contributed by atoms with E-state index >= 15 is 0 Å². The smallest absolute Gasteiger partial charge is 0.134 e. The zero-order valence-electron chi connectivity index (χ0n) is 13.7. The van der Waals surface area contributed by atoms with E-state index in [4.69, 9.17) is 0 Å². The molecule has 0 saturated heterocycles. The monoisotopic (exact) mass is 288 g/mol. The first-order valence-corrected chi connectivity index (χ1v) is 8.10. The number of hydrogen-bond donors (Lipinski definition) is 2. The van der Waals surface area contributed by atoms with Crippen molar-refractivity contribution >= 4 is 11.9 Å². The average Bonchev–Trinajstić information content (AvgIpc) is 2.42. The Morgan fingerprint density at radius 1 is 1.29 bits per heavy atom. The van der Waals surface area contributed by atoms with Crippen molar-refractivity contribution in [2.45, 2.75) is 71.4 Å². The summed E-state index contributed by atoms with van der Waals surface area (Å²) in [6.07, 6.45) is 9.37. The number of pyridine rings is 1. The Morgan fingerprint density at radius 3 is 2.76 bits per heavy atom. The largest absolute Gasteiger partial charge is 0.390 e. The van der Waals surface area contributed by atoms with Crippen LogP contribution in [-0.2, 0) is 0 Å². The Bertz CT molecular complexity index is 524. The maximum Gasteiger partial charge on any atom is 0.134 e. The quantitative estimate of drug-likeness (QED) is 0.770. The molecule has 21 heavy (non-hydrogen) atoms. The number of fused-ring (bicyclic) bond motifs is 1. The first-order valence-electron chi connectivity index (χ1n) is 8.10. The molecule has 1 aromatic heterocycles. The minimum absolute atomic E-state index is 0.388. The summed E-state index contributed by atoms with van der Waals surface area (Å²) in [5, 5.41) is 14.0. The van der Waals surface area contributed by atoms with Gasteiger partial charge in [0.25, 0.3) is 0 Å². The normalized spacial score (nSPS) is 21.8. The van der Waals surface area contributed by atoms with Crippen molar-refractivity contribution in [2.75, 3.05) is 5.32 Å². The van der Waals surface area contributed by atoms with Gasteiger partial charge in [0, 0.05) is 11.3 Å². The molecule has 0 spiro atoms. The number of aliphatic hydroxyl groups is 1. The van der Waals surface area contributed by atoms with Crippen molar-refractivity contribution in [2.24, 2.45) is 0 Å². The van der Waals surface area contributed by atoms with Crippen LogP contribution in [-0.4, -0.2) is 21.7 Å². The molecule has 1 aromatic rings. The second-order valence-corrected chi connectivity index (χ2v) is 6.45. The molecule has 0 aliphatic carbocycles. The van der Waals surface area contributed by atoms with Gasteiger partial charge in [0.2, 0.25) is 0 Å². The van der Waals surface area contributed by atoms with Crippen LogP contribution in [0.3, 0.4) is 0 Å². The van der Waals surface area contributed by atoms with Crippen LogP contribution in [0.4, 0.5) is 5.82 Å². The van der Waals surface area contributed by atoms with E-state index in [9.17, 15) is 5.11 Å². The topological polar surface area (TPSA) is 45.2 Å². The van der Waals surface area contributed by atoms with Gasteiger partial charge < -0.3 is 10.4 Å². The van der Waals surface area contributed by atoms with E-state index in [0.717, 1.165) is 29.9 Å². The van der Waals surface area contributed by atoms with Gasteiger partial charge in [-0.3, -0.25) is 0 Å². The molecule has 2 rings (SSSR count). The van der Waals surface area contributed by atoms with Crippen LogP contribution in [0.15, 0.2) is 12.1 Å². The molecule has 3 heteroatoms. The van der Waals surface area contributed by atoms with E-state index in [1.54, 1.807) is 0 Å². The summed E-state index contributed by atoms with van der Waals surface area (Å²) in [5.74, 6) is 0.894. The minimum atomic E-state index is -0.424. The Labute approximate surface area is 128 Å². The molecule has 1 aliphatic heterocycles. The van der Waals surface area contributed by atoms with Gasteiger partial charge in [0.1, 0.15) is 5.82 Å². The van der Waals surface area contributed by atoms with E-state index in [0.29, 0.717) is 0 Å². The maximum atomic E-state index is 10.6. The summed E-state index contributed by atoms with van der Waals surface area (Å²) in [6.45, 7) is 8.36. The zero-order chi connectivity index (χ0) is 15.5. The Kier molecular flexibility index (Phi) is 5.04. The molecular formula is C18H28N2O.